The molecule has 1 N–H and O–H groups in total. The van der Waals surface area contributed by atoms with Gasteiger partial charge in [0.2, 0.25) is 0 Å². The van der Waals surface area contributed by atoms with Crippen molar-refractivity contribution in [3.8, 4) is 0 Å². The molecule has 0 amide bonds. The third kappa shape index (κ3) is 4.86. The molecule has 0 radical (unpaired) electrons. The number of likely N-dealkylation sites (tertiary alicyclic amines) is 1. The van der Waals surface area contributed by atoms with Crippen LogP contribution in [0.2, 0.25) is 0 Å². The van der Waals surface area contributed by atoms with Crippen LogP contribution in [0.5, 0.6) is 0 Å². The second-order valence-corrected chi connectivity index (χ2v) is 7.56. The van der Waals surface area contributed by atoms with Crippen molar-refractivity contribution in [2.24, 2.45) is 17.5 Å². The second kappa shape index (κ2) is 9.19. The molecule has 1 aliphatic carbocycles. The Morgan fingerprint density at radius 1 is 1.12 bits per heavy atom. The van der Waals surface area contributed by atoms with Crippen molar-refractivity contribution in [2.45, 2.75) is 64.8 Å². The van der Waals surface area contributed by atoms with E-state index in [0.717, 1.165) is 30.7 Å². The Balaban J connectivity index is 0.00000225. The molecule has 0 atom stereocenters. The minimum absolute atomic E-state index is 0. The van der Waals surface area contributed by atoms with Crippen LogP contribution in [0.25, 0.3) is 0 Å². The number of halogens is 1. The monoisotopic (exact) mass is 460 g/mol. The maximum atomic E-state index is 4.54. The fraction of sp³-hybridized carbons (Fsp3) is 0.833. The number of guanidine groups is 1. The van der Waals surface area contributed by atoms with Gasteiger partial charge in [0.25, 0.3) is 0 Å². The first kappa shape index (κ1) is 20.5. The number of aromatic nitrogens is 3. The van der Waals surface area contributed by atoms with Gasteiger partial charge in [-0.15, -0.1) is 34.2 Å². The molecule has 25 heavy (non-hydrogen) atoms. The fourth-order valence-corrected chi connectivity index (χ4v) is 4.37. The smallest absolute Gasteiger partial charge is 0.194 e. The molecule has 0 unspecified atom stereocenters. The zero-order valence-electron chi connectivity index (χ0n) is 15.9. The molecule has 1 aliphatic heterocycles. The summed E-state index contributed by atoms with van der Waals surface area (Å²) in [5.74, 6) is 2.91. The maximum absolute atomic E-state index is 4.54. The summed E-state index contributed by atoms with van der Waals surface area (Å²) in [5, 5.41) is 11.9. The van der Waals surface area contributed by atoms with Crippen LogP contribution in [0, 0.1) is 12.3 Å². The molecule has 1 spiro atoms. The number of hydrogen-bond donors (Lipinski definition) is 1. The van der Waals surface area contributed by atoms with Gasteiger partial charge in [-0.25, -0.2) is 0 Å². The number of aryl methyl sites for hydroxylation is 1. The molecule has 2 fully saturated rings. The van der Waals surface area contributed by atoms with Gasteiger partial charge in [-0.05, 0) is 38.0 Å². The first-order valence-corrected chi connectivity index (χ1v) is 9.44. The van der Waals surface area contributed by atoms with E-state index >= 15 is 0 Å². The van der Waals surface area contributed by atoms with Gasteiger partial charge in [-0.2, -0.15) is 0 Å². The van der Waals surface area contributed by atoms with Crippen molar-refractivity contribution in [3.05, 3.63) is 11.6 Å². The lowest BCUT2D eigenvalue weighted by atomic mass is 9.74. The van der Waals surface area contributed by atoms with Crippen molar-refractivity contribution in [1.82, 2.24) is 25.0 Å². The highest BCUT2D eigenvalue weighted by molar-refractivity contribution is 14.0. The summed E-state index contributed by atoms with van der Waals surface area (Å²) in [6.45, 7) is 4.92. The Labute approximate surface area is 168 Å². The SMILES string of the molecule is CN=C(NCc1nnc(C)n1C)N1CCCC2(CCCCCC2)C1.I. The third-order valence-electron chi connectivity index (χ3n) is 5.92. The van der Waals surface area contributed by atoms with E-state index < -0.39 is 0 Å². The van der Waals surface area contributed by atoms with Crippen molar-refractivity contribution in [3.63, 3.8) is 0 Å². The molecular weight excluding hydrogens is 427 g/mol. The van der Waals surface area contributed by atoms with Crippen LogP contribution in [-0.2, 0) is 13.6 Å². The molecule has 2 heterocycles. The van der Waals surface area contributed by atoms with Crippen molar-refractivity contribution in [2.75, 3.05) is 20.1 Å². The van der Waals surface area contributed by atoms with Gasteiger partial charge in [-0.3, -0.25) is 4.99 Å². The van der Waals surface area contributed by atoms with Crippen LogP contribution < -0.4 is 5.32 Å². The maximum Gasteiger partial charge on any atom is 0.194 e. The molecule has 0 bridgehead atoms. The number of nitrogens with zero attached hydrogens (tertiary/aromatic N) is 5. The molecule has 0 aromatic carbocycles. The minimum atomic E-state index is 0. The number of aliphatic imine (C=N–C) groups is 1. The summed E-state index contributed by atoms with van der Waals surface area (Å²) in [6, 6.07) is 0. The fourth-order valence-electron chi connectivity index (χ4n) is 4.37. The highest BCUT2D eigenvalue weighted by atomic mass is 127. The Bertz CT molecular complexity index is 574. The topological polar surface area (TPSA) is 58.3 Å². The third-order valence-corrected chi connectivity index (χ3v) is 5.92. The predicted octanol–water partition coefficient (Wildman–Crippen LogP) is 3.25. The number of nitrogens with one attached hydrogen (secondary N) is 1. The van der Waals surface area contributed by atoms with E-state index in [1.807, 2.05) is 25.6 Å². The summed E-state index contributed by atoms with van der Waals surface area (Å²) >= 11 is 0. The van der Waals surface area contributed by atoms with Crippen molar-refractivity contribution < 1.29 is 0 Å². The lowest BCUT2D eigenvalue weighted by molar-refractivity contribution is 0.115. The quantitative estimate of drug-likeness (QED) is 0.418. The Kier molecular flexibility index (Phi) is 7.51. The molecular formula is C18H33IN6. The summed E-state index contributed by atoms with van der Waals surface area (Å²) < 4.78 is 2.03. The molecule has 1 saturated heterocycles. The van der Waals surface area contributed by atoms with E-state index in [9.17, 15) is 0 Å². The zero-order chi connectivity index (χ0) is 17.0. The summed E-state index contributed by atoms with van der Waals surface area (Å²) in [5.41, 5.74) is 0.522. The van der Waals surface area contributed by atoms with Gasteiger partial charge in [0.1, 0.15) is 5.82 Å². The lowest BCUT2D eigenvalue weighted by Crippen LogP contribution is -2.50. The highest BCUT2D eigenvalue weighted by Gasteiger charge is 2.36. The Morgan fingerprint density at radius 3 is 2.40 bits per heavy atom. The van der Waals surface area contributed by atoms with E-state index in [2.05, 4.69) is 25.4 Å². The molecule has 1 aromatic heterocycles. The zero-order valence-corrected chi connectivity index (χ0v) is 18.3. The Hall–Kier alpha value is -0.860. The average molecular weight is 460 g/mol. The number of hydrogen-bond acceptors (Lipinski definition) is 3. The number of rotatable bonds is 2. The number of piperidine rings is 1. The van der Waals surface area contributed by atoms with Gasteiger partial charge >= 0.3 is 0 Å². The van der Waals surface area contributed by atoms with Crippen LogP contribution in [0.15, 0.2) is 4.99 Å². The molecule has 7 heteroatoms. The van der Waals surface area contributed by atoms with Gasteiger partial charge in [0, 0.05) is 27.2 Å². The van der Waals surface area contributed by atoms with E-state index in [-0.39, 0.29) is 24.0 Å². The van der Waals surface area contributed by atoms with Crippen LogP contribution in [0.1, 0.15) is 63.0 Å². The normalized spacial score (nSPS) is 20.9. The van der Waals surface area contributed by atoms with E-state index in [0.29, 0.717) is 12.0 Å². The highest BCUT2D eigenvalue weighted by Crippen LogP contribution is 2.42. The van der Waals surface area contributed by atoms with Crippen LogP contribution in [0.4, 0.5) is 0 Å². The van der Waals surface area contributed by atoms with Crippen LogP contribution in [-0.4, -0.2) is 45.8 Å². The summed E-state index contributed by atoms with van der Waals surface area (Å²) in [7, 11) is 3.90. The molecule has 2 aliphatic rings. The molecule has 3 rings (SSSR count). The molecule has 6 nitrogen and oxygen atoms in total. The average Bonchev–Trinajstić information content (AvgIpc) is 2.78. The van der Waals surface area contributed by atoms with Gasteiger partial charge in [-0.1, -0.05) is 25.7 Å². The molecule has 142 valence electrons. The standard InChI is InChI=1S/C18H32N6.HI/c1-15-21-22-16(23(15)3)13-20-17(19-2)24-12-8-11-18(14-24)9-6-4-5-7-10-18;/h4-14H2,1-3H3,(H,19,20);1H. The molecule has 1 aromatic rings. The van der Waals surface area contributed by atoms with E-state index in [4.69, 9.17) is 0 Å². The van der Waals surface area contributed by atoms with Gasteiger partial charge in [0.15, 0.2) is 11.8 Å². The minimum Gasteiger partial charge on any atom is -0.349 e. The van der Waals surface area contributed by atoms with E-state index in [1.165, 1.54) is 51.4 Å². The lowest BCUT2D eigenvalue weighted by Gasteiger charge is -2.44. The van der Waals surface area contributed by atoms with Crippen molar-refractivity contribution in [1.29, 1.82) is 0 Å². The summed E-state index contributed by atoms with van der Waals surface area (Å²) in [6.07, 6.45) is 11.1. The van der Waals surface area contributed by atoms with Crippen molar-refractivity contribution >= 4 is 29.9 Å². The largest absolute Gasteiger partial charge is 0.349 e. The molecule has 1 saturated carbocycles. The second-order valence-electron chi connectivity index (χ2n) is 7.56. The first-order valence-electron chi connectivity index (χ1n) is 9.44. The first-order chi connectivity index (χ1) is 11.6. The van der Waals surface area contributed by atoms with Crippen LogP contribution >= 0.6 is 24.0 Å². The van der Waals surface area contributed by atoms with Gasteiger partial charge in [0.05, 0.1) is 6.54 Å². The summed E-state index contributed by atoms with van der Waals surface area (Å²) in [4.78, 5) is 7.01. The predicted molar refractivity (Wildman–Crippen MR) is 112 cm³/mol. The Morgan fingerprint density at radius 2 is 1.80 bits per heavy atom. The van der Waals surface area contributed by atoms with Gasteiger partial charge < -0.3 is 14.8 Å². The van der Waals surface area contributed by atoms with Crippen LogP contribution in [0.3, 0.4) is 0 Å². The van der Waals surface area contributed by atoms with E-state index in [1.54, 1.807) is 0 Å².